The quantitative estimate of drug-likeness (QED) is 0.223. The third-order valence-corrected chi connectivity index (χ3v) is 5.63. The number of nitrogens with zero attached hydrogens (tertiary/aromatic N) is 2. The molecule has 1 heterocycles. The summed E-state index contributed by atoms with van der Waals surface area (Å²) >= 11 is 0. The first kappa shape index (κ1) is 42.9. The molecule has 45 heavy (non-hydrogen) atoms. The summed E-state index contributed by atoms with van der Waals surface area (Å²) in [6.45, 7) is 10.9. The van der Waals surface area contributed by atoms with Gasteiger partial charge in [-0.1, -0.05) is 49.2 Å². The van der Waals surface area contributed by atoms with Crippen LogP contribution in [0.5, 0.6) is 0 Å². The second kappa shape index (κ2) is 25.1. The number of likely N-dealkylation sites (N-methyl/N-ethyl adjacent to an activating group) is 1. The third kappa shape index (κ3) is 19.6. The number of hydrogen-bond donors (Lipinski definition) is 5. The number of nitrogens with two attached hydrogens (primary N) is 3. The van der Waals surface area contributed by atoms with Gasteiger partial charge in [0.1, 0.15) is 13.6 Å². The van der Waals surface area contributed by atoms with Crippen LogP contribution in [-0.4, -0.2) is 81.1 Å². The first-order chi connectivity index (χ1) is 21.4. The first-order valence-corrected chi connectivity index (χ1v) is 13.9. The topological polar surface area (TPSA) is 187 Å². The number of halogens is 3. The van der Waals surface area contributed by atoms with Gasteiger partial charge >= 0.3 is 6.18 Å². The highest BCUT2D eigenvalue weighted by atomic mass is 19.4. The summed E-state index contributed by atoms with van der Waals surface area (Å²) in [6, 6.07) is 14.0. The minimum absolute atomic E-state index is 0.108. The van der Waals surface area contributed by atoms with Gasteiger partial charge in [-0.3, -0.25) is 14.6 Å². The average molecular weight is 638 g/mol. The summed E-state index contributed by atoms with van der Waals surface area (Å²) in [5.74, 6) is -0.622. The number of anilines is 1. The number of pyridine rings is 1. The molecule has 14 heteroatoms. The lowest BCUT2D eigenvalue weighted by atomic mass is 10.1. The highest BCUT2D eigenvalue weighted by Gasteiger charge is 2.29. The molecule has 2 amide bonds. The van der Waals surface area contributed by atoms with Gasteiger partial charge in [-0.2, -0.15) is 13.2 Å². The van der Waals surface area contributed by atoms with E-state index in [2.05, 4.69) is 20.5 Å². The van der Waals surface area contributed by atoms with Crippen LogP contribution in [0.2, 0.25) is 0 Å². The van der Waals surface area contributed by atoms with Crippen LogP contribution < -0.4 is 27.8 Å². The van der Waals surface area contributed by atoms with Crippen molar-refractivity contribution in [2.75, 3.05) is 45.1 Å². The molecule has 3 aromatic rings. The zero-order chi connectivity index (χ0) is 34.8. The molecule has 0 fully saturated rings. The van der Waals surface area contributed by atoms with E-state index in [9.17, 15) is 22.8 Å². The molecule has 0 radical (unpaired) electrons. The van der Waals surface area contributed by atoms with Gasteiger partial charge in [0, 0.05) is 31.6 Å². The van der Waals surface area contributed by atoms with E-state index in [4.69, 9.17) is 26.8 Å². The number of hydrogen-bond acceptors (Lipinski definition) is 9. The fourth-order valence-corrected chi connectivity index (χ4v) is 3.38. The van der Waals surface area contributed by atoms with Crippen molar-refractivity contribution in [1.82, 2.24) is 15.2 Å². The molecule has 250 valence electrons. The lowest BCUT2D eigenvalue weighted by molar-refractivity contribution is -0.137. The minimum atomic E-state index is -4.21. The molecule has 0 saturated carbocycles. The summed E-state index contributed by atoms with van der Waals surface area (Å²) in [5, 5.41) is 6.17. The molecule has 0 bridgehead atoms. The Kier molecular flexibility index (Phi) is 23.9. The van der Waals surface area contributed by atoms with Gasteiger partial charge in [-0.25, -0.2) is 0 Å². The molecular formula is C31H46F3N7O4. The number of carbonyl (C=O) groups excluding carboxylic acids is 4. The van der Waals surface area contributed by atoms with Crippen molar-refractivity contribution in [2.45, 2.75) is 38.9 Å². The predicted molar refractivity (Wildman–Crippen MR) is 172 cm³/mol. The number of aromatic nitrogens is 1. The molecule has 0 spiro atoms. The van der Waals surface area contributed by atoms with Crippen LogP contribution in [0, 0.1) is 6.92 Å². The molecule has 1 unspecified atom stereocenters. The van der Waals surface area contributed by atoms with Crippen molar-refractivity contribution in [3.63, 3.8) is 0 Å². The Labute approximate surface area is 262 Å². The molecule has 1 aromatic heterocycles. The SMILES string of the molecule is C=O.C=O.CCCC(N)C(=O)NCC(=O)Nc1cnc2ccccc2c1.CN(CCN)CCN.Cc1ccc(C(F)(F)F)cc1. The van der Waals surface area contributed by atoms with E-state index in [-0.39, 0.29) is 18.4 Å². The van der Waals surface area contributed by atoms with Crippen LogP contribution in [-0.2, 0) is 25.4 Å². The maximum Gasteiger partial charge on any atom is 0.416 e. The standard InChI is InChI=1S/C16H20N4O2.C8H7F3.C5H15N3.2CH2O/c1-2-5-13(17)16(22)19-10-15(21)20-12-8-11-6-3-4-7-14(11)18-9-12;1-6-2-4-7(5-3-6)8(9,10)11;1-8(4-2-6)5-3-7;2*1-2/h3-4,6-9,13H,2,5,10,17H2,1H3,(H,19,22)(H,20,21);2-5H,1H3;2-7H2,1H3;2*1H2. The second-order valence-electron chi connectivity index (χ2n) is 9.32. The number of nitrogens with one attached hydrogen (secondary N) is 2. The number of benzene rings is 2. The molecule has 3 rings (SSSR count). The van der Waals surface area contributed by atoms with Crippen LogP contribution in [0.3, 0.4) is 0 Å². The summed E-state index contributed by atoms with van der Waals surface area (Å²) in [7, 11) is 2.01. The van der Waals surface area contributed by atoms with E-state index in [1.165, 1.54) is 12.1 Å². The van der Waals surface area contributed by atoms with E-state index in [0.29, 0.717) is 12.1 Å². The Morgan fingerprint density at radius 2 is 1.53 bits per heavy atom. The van der Waals surface area contributed by atoms with Gasteiger partial charge < -0.3 is 42.3 Å². The molecule has 0 aliphatic carbocycles. The predicted octanol–water partition coefficient (Wildman–Crippen LogP) is 2.90. The summed E-state index contributed by atoms with van der Waals surface area (Å²) in [4.78, 5) is 45.8. The van der Waals surface area contributed by atoms with Crippen molar-refractivity contribution < 1.29 is 32.3 Å². The Balaban J connectivity index is 0. The molecule has 2 aromatic carbocycles. The fraction of sp³-hybridized carbons (Fsp3) is 0.387. The van der Waals surface area contributed by atoms with E-state index < -0.39 is 17.8 Å². The summed E-state index contributed by atoms with van der Waals surface area (Å²) < 4.78 is 35.8. The van der Waals surface area contributed by atoms with E-state index in [1.807, 2.05) is 57.9 Å². The normalized spacial score (nSPS) is 10.7. The van der Waals surface area contributed by atoms with Gasteiger partial charge in [0.25, 0.3) is 0 Å². The number of alkyl halides is 3. The summed E-state index contributed by atoms with van der Waals surface area (Å²) in [5.41, 5.74) is 17.9. The van der Waals surface area contributed by atoms with Gasteiger partial charge in [-0.15, -0.1) is 0 Å². The zero-order valence-corrected chi connectivity index (χ0v) is 26.1. The zero-order valence-electron chi connectivity index (χ0n) is 26.1. The monoisotopic (exact) mass is 637 g/mol. The smallest absolute Gasteiger partial charge is 0.346 e. The number of rotatable bonds is 10. The third-order valence-electron chi connectivity index (χ3n) is 5.63. The number of fused-ring (bicyclic) bond motifs is 1. The van der Waals surface area contributed by atoms with Crippen LogP contribution in [0.1, 0.15) is 30.9 Å². The molecule has 11 nitrogen and oxygen atoms in total. The van der Waals surface area contributed by atoms with E-state index >= 15 is 0 Å². The Morgan fingerprint density at radius 1 is 0.978 bits per heavy atom. The summed E-state index contributed by atoms with van der Waals surface area (Å²) in [6.07, 6.45) is -1.20. The Morgan fingerprint density at radius 3 is 2.04 bits per heavy atom. The van der Waals surface area contributed by atoms with Gasteiger partial charge in [0.05, 0.1) is 35.6 Å². The Bertz CT molecular complexity index is 1220. The van der Waals surface area contributed by atoms with Crippen LogP contribution in [0.4, 0.5) is 18.9 Å². The Hall–Kier alpha value is -4.24. The van der Waals surface area contributed by atoms with Crippen molar-refractivity contribution in [3.05, 3.63) is 71.9 Å². The highest BCUT2D eigenvalue weighted by Crippen LogP contribution is 2.28. The van der Waals surface area contributed by atoms with Gasteiger partial charge in [0.15, 0.2) is 0 Å². The molecule has 0 aliphatic heterocycles. The minimum Gasteiger partial charge on any atom is -0.346 e. The largest absolute Gasteiger partial charge is 0.416 e. The van der Waals surface area contributed by atoms with E-state index in [0.717, 1.165) is 61.2 Å². The van der Waals surface area contributed by atoms with Crippen molar-refractivity contribution in [3.8, 4) is 0 Å². The number of carbonyl (C=O) groups is 4. The number of aryl methyl sites for hydroxylation is 1. The van der Waals surface area contributed by atoms with Gasteiger partial charge in [-0.05, 0) is 44.7 Å². The number of amides is 2. The first-order valence-electron chi connectivity index (χ1n) is 13.9. The lowest BCUT2D eigenvalue weighted by Gasteiger charge is -2.12. The van der Waals surface area contributed by atoms with Crippen LogP contribution in [0.15, 0.2) is 60.8 Å². The molecule has 0 aliphatic rings. The highest BCUT2D eigenvalue weighted by molar-refractivity contribution is 5.96. The van der Waals surface area contributed by atoms with Crippen molar-refractivity contribution in [1.29, 1.82) is 0 Å². The van der Waals surface area contributed by atoms with Crippen molar-refractivity contribution in [2.24, 2.45) is 17.2 Å². The maximum absolute atomic E-state index is 11.9. The van der Waals surface area contributed by atoms with Crippen molar-refractivity contribution >= 4 is 42.0 Å². The van der Waals surface area contributed by atoms with Gasteiger partial charge in [0.2, 0.25) is 11.8 Å². The average Bonchev–Trinajstić information content (AvgIpc) is 3.02. The van der Waals surface area contributed by atoms with E-state index in [1.54, 1.807) is 13.1 Å². The fourth-order valence-electron chi connectivity index (χ4n) is 3.38. The van der Waals surface area contributed by atoms with Crippen LogP contribution in [0.25, 0.3) is 10.9 Å². The number of para-hydroxylation sites is 1. The molecule has 8 N–H and O–H groups in total. The maximum atomic E-state index is 11.9. The second-order valence-corrected chi connectivity index (χ2v) is 9.32. The molecule has 1 atom stereocenters. The lowest BCUT2D eigenvalue weighted by Crippen LogP contribution is -2.43. The van der Waals surface area contributed by atoms with Crippen LogP contribution >= 0.6 is 0 Å². The molecular weight excluding hydrogens is 591 g/mol. The molecule has 0 saturated heterocycles.